The van der Waals surface area contributed by atoms with Crippen molar-refractivity contribution >= 4 is 22.7 Å². The first kappa shape index (κ1) is 16.8. The summed E-state index contributed by atoms with van der Waals surface area (Å²) in [7, 11) is 3.08. The van der Waals surface area contributed by atoms with Crippen molar-refractivity contribution in [2.75, 3.05) is 19.5 Å². The summed E-state index contributed by atoms with van der Waals surface area (Å²) in [5.74, 6) is 1.72. The number of hydrogen-bond acceptors (Lipinski definition) is 5. The van der Waals surface area contributed by atoms with E-state index in [4.69, 9.17) is 13.9 Å². The maximum absolute atomic E-state index is 12.5. The van der Waals surface area contributed by atoms with Gasteiger partial charge in [-0.1, -0.05) is 13.8 Å². The molecule has 1 aromatic heterocycles. The normalized spacial score (nSPS) is 10.9. The SMILES string of the molecule is COc1cc(OC)cc(C(=O)Nc2ccc3nc(C(C)C)oc3c2)c1. The Morgan fingerprint density at radius 3 is 2.36 bits per heavy atom. The molecular formula is C19H20N2O4. The van der Waals surface area contributed by atoms with E-state index in [-0.39, 0.29) is 11.8 Å². The van der Waals surface area contributed by atoms with Gasteiger partial charge in [-0.2, -0.15) is 0 Å². The smallest absolute Gasteiger partial charge is 0.255 e. The molecular weight excluding hydrogens is 320 g/mol. The highest BCUT2D eigenvalue weighted by Gasteiger charge is 2.13. The van der Waals surface area contributed by atoms with Crippen LogP contribution < -0.4 is 14.8 Å². The Balaban J connectivity index is 1.86. The van der Waals surface area contributed by atoms with Crippen LogP contribution in [0.4, 0.5) is 5.69 Å². The van der Waals surface area contributed by atoms with Crippen molar-refractivity contribution in [3.63, 3.8) is 0 Å². The molecule has 0 spiro atoms. The van der Waals surface area contributed by atoms with Crippen LogP contribution in [0.3, 0.4) is 0 Å². The predicted octanol–water partition coefficient (Wildman–Crippen LogP) is 4.22. The average molecular weight is 340 g/mol. The van der Waals surface area contributed by atoms with Gasteiger partial charge in [-0.05, 0) is 24.3 Å². The van der Waals surface area contributed by atoms with Crippen LogP contribution >= 0.6 is 0 Å². The first-order valence-corrected chi connectivity index (χ1v) is 7.95. The Bertz CT molecular complexity index is 893. The van der Waals surface area contributed by atoms with Crippen LogP contribution in [-0.4, -0.2) is 25.1 Å². The minimum atomic E-state index is -0.264. The minimum Gasteiger partial charge on any atom is -0.497 e. The van der Waals surface area contributed by atoms with Gasteiger partial charge in [-0.15, -0.1) is 0 Å². The lowest BCUT2D eigenvalue weighted by atomic mass is 10.1. The summed E-state index contributed by atoms with van der Waals surface area (Å²) in [6.07, 6.45) is 0. The number of nitrogens with zero attached hydrogens (tertiary/aromatic N) is 1. The molecule has 0 fully saturated rings. The van der Waals surface area contributed by atoms with Crippen LogP contribution in [0.25, 0.3) is 11.1 Å². The van der Waals surface area contributed by atoms with Gasteiger partial charge in [0, 0.05) is 29.3 Å². The van der Waals surface area contributed by atoms with E-state index in [1.54, 1.807) is 44.6 Å². The Morgan fingerprint density at radius 2 is 1.76 bits per heavy atom. The number of oxazole rings is 1. The van der Waals surface area contributed by atoms with E-state index in [0.29, 0.717) is 34.2 Å². The molecule has 0 atom stereocenters. The molecule has 0 bridgehead atoms. The van der Waals surface area contributed by atoms with E-state index in [1.807, 2.05) is 19.9 Å². The van der Waals surface area contributed by atoms with Crippen molar-refractivity contribution in [2.24, 2.45) is 0 Å². The first-order chi connectivity index (χ1) is 12.0. The van der Waals surface area contributed by atoms with Gasteiger partial charge in [-0.25, -0.2) is 4.98 Å². The van der Waals surface area contributed by atoms with Crippen LogP contribution in [0.15, 0.2) is 40.8 Å². The summed E-state index contributed by atoms with van der Waals surface area (Å²) in [4.78, 5) is 17.0. The van der Waals surface area contributed by atoms with Crippen molar-refractivity contribution in [3.05, 3.63) is 47.9 Å². The van der Waals surface area contributed by atoms with Crippen LogP contribution in [0.2, 0.25) is 0 Å². The van der Waals surface area contributed by atoms with Gasteiger partial charge in [0.1, 0.15) is 17.0 Å². The summed E-state index contributed by atoms with van der Waals surface area (Å²) in [6.45, 7) is 4.03. The lowest BCUT2D eigenvalue weighted by molar-refractivity contribution is 0.102. The van der Waals surface area contributed by atoms with Gasteiger partial charge in [0.15, 0.2) is 11.5 Å². The van der Waals surface area contributed by atoms with Gasteiger partial charge in [-0.3, -0.25) is 4.79 Å². The van der Waals surface area contributed by atoms with Crippen LogP contribution in [0, 0.1) is 0 Å². The van der Waals surface area contributed by atoms with E-state index < -0.39 is 0 Å². The second-order valence-corrected chi connectivity index (χ2v) is 5.94. The molecule has 0 unspecified atom stereocenters. The third-order valence-electron chi connectivity index (χ3n) is 3.77. The maximum atomic E-state index is 12.5. The standard InChI is InChI=1S/C19H20N2O4/c1-11(2)19-21-16-6-5-13(9-17(16)25-19)20-18(22)12-7-14(23-3)10-15(8-12)24-4/h5-11H,1-4H3,(H,20,22). The summed E-state index contributed by atoms with van der Waals surface area (Å²) in [5, 5.41) is 2.85. The summed E-state index contributed by atoms with van der Waals surface area (Å²) in [6, 6.07) is 10.4. The summed E-state index contributed by atoms with van der Waals surface area (Å²) >= 11 is 0. The number of aromatic nitrogens is 1. The first-order valence-electron chi connectivity index (χ1n) is 7.95. The fourth-order valence-corrected chi connectivity index (χ4v) is 2.41. The number of carbonyl (C=O) groups is 1. The Kier molecular flexibility index (Phi) is 4.61. The zero-order valence-corrected chi connectivity index (χ0v) is 14.6. The number of methoxy groups -OCH3 is 2. The monoisotopic (exact) mass is 340 g/mol. The highest BCUT2D eigenvalue weighted by molar-refractivity contribution is 6.05. The third-order valence-corrected chi connectivity index (χ3v) is 3.77. The number of hydrogen-bond donors (Lipinski definition) is 1. The van der Waals surface area contributed by atoms with E-state index >= 15 is 0 Å². The average Bonchev–Trinajstić information content (AvgIpc) is 3.04. The van der Waals surface area contributed by atoms with E-state index in [2.05, 4.69) is 10.3 Å². The molecule has 0 saturated heterocycles. The largest absolute Gasteiger partial charge is 0.497 e. The van der Waals surface area contributed by atoms with Crippen LogP contribution in [0.1, 0.15) is 36.0 Å². The summed E-state index contributed by atoms with van der Waals surface area (Å²) in [5.41, 5.74) is 2.48. The number of nitrogens with one attached hydrogen (secondary N) is 1. The Labute approximate surface area is 145 Å². The fraction of sp³-hybridized carbons (Fsp3) is 0.263. The van der Waals surface area contributed by atoms with Gasteiger partial charge < -0.3 is 19.2 Å². The lowest BCUT2D eigenvalue weighted by Gasteiger charge is -2.09. The highest BCUT2D eigenvalue weighted by Crippen LogP contribution is 2.26. The predicted molar refractivity (Wildman–Crippen MR) is 95.6 cm³/mol. The van der Waals surface area contributed by atoms with Crippen molar-refractivity contribution in [3.8, 4) is 11.5 Å². The third kappa shape index (κ3) is 3.57. The number of ether oxygens (including phenoxy) is 2. The quantitative estimate of drug-likeness (QED) is 0.753. The van der Waals surface area contributed by atoms with E-state index in [1.165, 1.54) is 0 Å². The molecule has 3 rings (SSSR count). The number of amides is 1. The topological polar surface area (TPSA) is 73.6 Å². The second-order valence-electron chi connectivity index (χ2n) is 5.94. The molecule has 1 heterocycles. The number of benzene rings is 2. The molecule has 2 aromatic carbocycles. The molecule has 3 aromatic rings. The van der Waals surface area contributed by atoms with Crippen LogP contribution in [-0.2, 0) is 0 Å². The molecule has 0 saturated carbocycles. The molecule has 1 N–H and O–H groups in total. The van der Waals surface area contributed by atoms with Gasteiger partial charge in [0.25, 0.3) is 5.91 Å². The molecule has 0 aliphatic carbocycles. The van der Waals surface area contributed by atoms with Gasteiger partial charge >= 0.3 is 0 Å². The zero-order valence-electron chi connectivity index (χ0n) is 14.6. The Hall–Kier alpha value is -3.02. The number of anilines is 1. The van der Waals surface area contributed by atoms with Crippen LogP contribution in [0.5, 0.6) is 11.5 Å². The minimum absolute atomic E-state index is 0.203. The number of carbonyl (C=O) groups excluding carboxylic acids is 1. The number of rotatable bonds is 5. The molecule has 1 amide bonds. The molecule has 6 nitrogen and oxygen atoms in total. The van der Waals surface area contributed by atoms with Crippen molar-refractivity contribution < 1.29 is 18.7 Å². The highest BCUT2D eigenvalue weighted by atomic mass is 16.5. The van der Waals surface area contributed by atoms with Crippen molar-refractivity contribution in [2.45, 2.75) is 19.8 Å². The molecule has 0 radical (unpaired) electrons. The molecule has 25 heavy (non-hydrogen) atoms. The van der Waals surface area contributed by atoms with E-state index in [9.17, 15) is 4.79 Å². The fourth-order valence-electron chi connectivity index (χ4n) is 2.41. The van der Waals surface area contributed by atoms with Crippen molar-refractivity contribution in [1.29, 1.82) is 0 Å². The van der Waals surface area contributed by atoms with Gasteiger partial charge in [0.2, 0.25) is 0 Å². The lowest BCUT2D eigenvalue weighted by Crippen LogP contribution is -2.12. The van der Waals surface area contributed by atoms with Crippen molar-refractivity contribution in [1.82, 2.24) is 4.98 Å². The second kappa shape index (κ2) is 6.84. The maximum Gasteiger partial charge on any atom is 0.255 e. The molecule has 0 aliphatic rings. The summed E-state index contributed by atoms with van der Waals surface area (Å²) < 4.78 is 16.1. The zero-order chi connectivity index (χ0) is 18.0. The van der Waals surface area contributed by atoms with E-state index in [0.717, 1.165) is 5.52 Å². The molecule has 130 valence electrons. The Morgan fingerprint density at radius 1 is 1.08 bits per heavy atom. The number of fused-ring (bicyclic) bond motifs is 1. The van der Waals surface area contributed by atoms with Gasteiger partial charge in [0.05, 0.1) is 14.2 Å². The molecule has 0 aliphatic heterocycles. The molecule has 6 heteroatoms.